The number of ether oxygens (including phenoxy) is 1. The molecule has 1 N–H and O–H groups in total. The molecule has 18 heavy (non-hydrogen) atoms. The summed E-state index contributed by atoms with van der Waals surface area (Å²) in [7, 11) is 0. The van der Waals surface area contributed by atoms with E-state index in [4.69, 9.17) is 4.74 Å². The van der Waals surface area contributed by atoms with Crippen molar-refractivity contribution >= 4 is 5.91 Å². The van der Waals surface area contributed by atoms with E-state index >= 15 is 0 Å². The first-order valence-corrected chi connectivity index (χ1v) is 6.46. The van der Waals surface area contributed by atoms with Gasteiger partial charge >= 0.3 is 0 Å². The van der Waals surface area contributed by atoms with Gasteiger partial charge < -0.3 is 10.1 Å². The van der Waals surface area contributed by atoms with Crippen LogP contribution in [0.3, 0.4) is 0 Å². The van der Waals surface area contributed by atoms with E-state index < -0.39 is 0 Å². The molecule has 0 unspecified atom stereocenters. The molecular formula is C15H23NO2. The maximum absolute atomic E-state index is 11.5. The van der Waals surface area contributed by atoms with E-state index in [0.29, 0.717) is 18.9 Å². The molecule has 0 aromatic heterocycles. The Morgan fingerprint density at radius 1 is 1.33 bits per heavy atom. The molecule has 0 aliphatic carbocycles. The van der Waals surface area contributed by atoms with Gasteiger partial charge in [0.1, 0.15) is 5.75 Å². The smallest absolute Gasteiger partial charge is 0.223 e. The molecule has 0 heterocycles. The predicted molar refractivity (Wildman–Crippen MR) is 73.9 cm³/mol. The van der Waals surface area contributed by atoms with E-state index in [1.807, 2.05) is 19.1 Å². The second-order valence-electron chi connectivity index (χ2n) is 4.99. The second-order valence-corrected chi connectivity index (χ2v) is 4.99. The summed E-state index contributed by atoms with van der Waals surface area (Å²) < 4.78 is 5.63. The minimum Gasteiger partial charge on any atom is -0.493 e. The van der Waals surface area contributed by atoms with Gasteiger partial charge in [-0.3, -0.25) is 4.79 Å². The van der Waals surface area contributed by atoms with Crippen LogP contribution in [0.15, 0.2) is 18.2 Å². The number of carbonyl (C=O) groups excluding carboxylic acids is 1. The lowest BCUT2D eigenvalue weighted by Gasteiger charge is -2.11. The van der Waals surface area contributed by atoms with Crippen LogP contribution in [0.4, 0.5) is 0 Å². The molecule has 0 radical (unpaired) electrons. The quantitative estimate of drug-likeness (QED) is 0.842. The van der Waals surface area contributed by atoms with Crippen LogP contribution in [0, 0.1) is 19.8 Å². The fourth-order valence-corrected chi connectivity index (χ4v) is 1.54. The van der Waals surface area contributed by atoms with Gasteiger partial charge in [-0.1, -0.05) is 26.0 Å². The third kappa shape index (κ3) is 4.78. The minimum absolute atomic E-state index is 0.0500. The van der Waals surface area contributed by atoms with E-state index in [-0.39, 0.29) is 5.91 Å². The molecular weight excluding hydrogens is 226 g/mol. The topological polar surface area (TPSA) is 38.3 Å². The lowest BCUT2D eigenvalue weighted by Crippen LogP contribution is -2.28. The van der Waals surface area contributed by atoms with Crippen molar-refractivity contribution in [3.8, 4) is 5.75 Å². The van der Waals surface area contributed by atoms with E-state index in [9.17, 15) is 4.79 Å². The van der Waals surface area contributed by atoms with Crippen LogP contribution in [0.1, 0.15) is 31.4 Å². The summed E-state index contributed by atoms with van der Waals surface area (Å²) in [5.74, 6) is 1.40. The largest absolute Gasteiger partial charge is 0.493 e. The van der Waals surface area contributed by atoms with Gasteiger partial charge in [0, 0.05) is 6.54 Å². The summed E-state index contributed by atoms with van der Waals surface area (Å²) in [5, 5.41) is 2.88. The van der Waals surface area contributed by atoms with Gasteiger partial charge in [-0.25, -0.2) is 0 Å². The third-order valence-corrected chi connectivity index (χ3v) is 2.85. The number of hydrogen-bond donors (Lipinski definition) is 1. The maximum Gasteiger partial charge on any atom is 0.223 e. The molecule has 0 spiro atoms. The number of nitrogens with one attached hydrogen (secondary N) is 1. The van der Waals surface area contributed by atoms with E-state index in [1.54, 1.807) is 0 Å². The Morgan fingerprint density at radius 2 is 2.06 bits per heavy atom. The van der Waals surface area contributed by atoms with Crippen molar-refractivity contribution in [2.75, 3.05) is 13.2 Å². The molecule has 0 fully saturated rings. The molecule has 100 valence electrons. The molecule has 1 rings (SSSR count). The van der Waals surface area contributed by atoms with Crippen molar-refractivity contribution in [2.45, 2.75) is 34.1 Å². The highest BCUT2D eigenvalue weighted by Gasteiger charge is 2.05. The Bertz CT molecular complexity index is 399. The molecule has 3 nitrogen and oxygen atoms in total. The molecule has 3 heteroatoms. The average molecular weight is 249 g/mol. The zero-order chi connectivity index (χ0) is 13.5. The Labute approximate surface area is 110 Å². The maximum atomic E-state index is 11.5. The number of rotatable bonds is 6. The summed E-state index contributed by atoms with van der Waals surface area (Å²) in [6.07, 6.45) is 0.403. The first-order chi connectivity index (χ1) is 8.50. The predicted octanol–water partition coefficient (Wildman–Crippen LogP) is 2.84. The fraction of sp³-hybridized carbons (Fsp3) is 0.533. The van der Waals surface area contributed by atoms with Crippen molar-refractivity contribution in [1.29, 1.82) is 0 Å². The van der Waals surface area contributed by atoms with Gasteiger partial charge in [-0.2, -0.15) is 0 Å². The number of amides is 1. The van der Waals surface area contributed by atoms with Gasteiger partial charge in [-0.05, 0) is 37.0 Å². The van der Waals surface area contributed by atoms with Crippen LogP contribution in [0.5, 0.6) is 5.75 Å². The Morgan fingerprint density at radius 3 is 2.72 bits per heavy atom. The molecule has 1 aromatic carbocycles. The highest BCUT2D eigenvalue weighted by Crippen LogP contribution is 2.20. The average Bonchev–Trinajstić information content (AvgIpc) is 2.32. The molecule has 1 amide bonds. The molecule has 0 bridgehead atoms. The van der Waals surface area contributed by atoms with Crippen molar-refractivity contribution in [1.82, 2.24) is 5.32 Å². The van der Waals surface area contributed by atoms with Crippen LogP contribution < -0.4 is 10.1 Å². The number of hydrogen-bond acceptors (Lipinski definition) is 2. The zero-order valence-electron chi connectivity index (χ0n) is 11.7. The highest BCUT2D eigenvalue weighted by atomic mass is 16.5. The van der Waals surface area contributed by atoms with Crippen LogP contribution in [-0.4, -0.2) is 19.1 Å². The van der Waals surface area contributed by atoms with E-state index in [0.717, 1.165) is 17.9 Å². The number of benzene rings is 1. The molecule has 1 aromatic rings. The first kappa shape index (κ1) is 14.6. The van der Waals surface area contributed by atoms with Gasteiger partial charge in [0.15, 0.2) is 0 Å². The Balaban J connectivity index is 2.33. The second kappa shape index (κ2) is 7.04. The van der Waals surface area contributed by atoms with Crippen molar-refractivity contribution in [3.63, 3.8) is 0 Å². The van der Waals surface area contributed by atoms with Gasteiger partial charge in [0.2, 0.25) is 5.91 Å². The third-order valence-electron chi connectivity index (χ3n) is 2.85. The highest BCUT2D eigenvalue weighted by molar-refractivity contribution is 5.75. The zero-order valence-corrected chi connectivity index (χ0v) is 11.7. The SMILES string of the molecule is Cc1cccc(OCCC(=O)NCC(C)C)c1C. The molecule has 0 saturated carbocycles. The molecule has 0 atom stereocenters. The Hall–Kier alpha value is -1.51. The van der Waals surface area contributed by atoms with Gasteiger partial charge in [0.05, 0.1) is 13.0 Å². The number of aryl methyl sites for hydroxylation is 1. The van der Waals surface area contributed by atoms with Gasteiger partial charge in [-0.15, -0.1) is 0 Å². The Kier molecular flexibility index (Phi) is 5.69. The minimum atomic E-state index is 0.0500. The summed E-state index contributed by atoms with van der Waals surface area (Å²) in [4.78, 5) is 11.5. The summed E-state index contributed by atoms with van der Waals surface area (Å²) in [5.41, 5.74) is 2.34. The normalized spacial score (nSPS) is 10.5. The van der Waals surface area contributed by atoms with Crippen molar-refractivity contribution in [2.24, 2.45) is 5.92 Å². The number of carbonyl (C=O) groups is 1. The van der Waals surface area contributed by atoms with Crippen LogP contribution in [-0.2, 0) is 4.79 Å². The summed E-state index contributed by atoms with van der Waals surface area (Å²) in [6, 6.07) is 5.96. The molecule has 0 aliphatic heterocycles. The van der Waals surface area contributed by atoms with E-state index in [1.165, 1.54) is 5.56 Å². The standard InChI is InChI=1S/C15H23NO2/c1-11(2)10-16-15(17)8-9-18-14-7-5-6-12(3)13(14)4/h5-7,11H,8-10H2,1-4H3,(H,16,17). The van der Waals surface area contributed by atoms with E-state index in [2.05, 4.69) is 32.2 Å². The lowest BCUT2D eigenvalue weighted by molar-refractivity contribution is -0.121. The molecule has 0 aliphatic rings. The van der Waals surface area contributed by atoms with Crippen LogP contribution >= 0.6 is 0 Å². The van der Waals surface area contributed by atoms with Crippen molar-refractivity contribution in [3.05, 3.63) is 29.3 Å². The summed E-state index contributed by atoms with van der Waals surface area (Å²) in [6.45, 7) is 9.39. The first-order valence-electron chi connectivity index (χ1n) is 6.46. The van der Waals surface area contributed by atoms with Crippen LogP contribution in [0.2, 0.25) is 0 Å². The van der Waals surface area contributed by atoms with Gasteiger partial charge in [0.25, 0.3) is 0 Å². The fourth-order valence-electron chi connectivity index (χ4n) is 1.54. The van der Waals surface area contributed by atoms with Crippen molar-refractivity contribution < 1.29 is 9.53 Å². The summed E-state index contributed by atoms with van der Waals surface area (Å²) >= 11 is 0. The van der Waals surface area contributed by atoms with Crippen LogP contribution in [0.25, 0.3) is 0 Å². The monoisotopic (exact) mass is 249 g/mol. The lowest BCUT2D eigenvalue weighted by atomic mass is 10.1. The molecule has 0 saturated heterocycles.